The van der Waals surface area contributed by atoms with Gasteiger partial charge in [-0.05, 0) is 49.7 Å². The van der Waals surface area contributed by atoms with Crippen LogP contribution >= 0.6 is 11.6 Å². The van der Waals surface area contributed by atoms with Crippen molar-refractivity contribution < 1.29 is 14.3 Å². The van der Waals surface area contributed by atoms with E-state index in [1.807, 2.05) is 44.2 Å². The van der Waals surface area contributed by atoms with Gasteiger partial charge in [-0.2, -0.15) is 0 Å². The minimum absolute atomic E-state index is 0.0802. The van der Waals surface area contributed by atoms with E-state index in [1.165, 1.54) is 10.6 Å². The van der Waals surface area contributed by atoms with Gasteiger partial charge in [-0.3, -0.25) is 9.36 Å². The van der Waals surface area contributed by atoms with Crippen LogP contribution in [0.15, 0.2) is 57.7 Å². The van der Waals surface area contributed by atoms with Crippen molar-refractivity contribution in [1.29, 1.82) is 0 Å². The number of fused-ring (bicyclic) bond motifs is 1. The quantitative estimate of drug-likeness (QED) is 0.284. The van der Waals surface area contributed by atoms with Crippen LogP contribution in [0.5, 0.6) is 0 Å². The Balaban J connectivity index is 1.60. The molecule has 0 aliphatic carbocycles. The molecule has 0 saturated carbocycles. The Morgan fingerprint density at radius 3 is 2.42 bits per heavy atom. The van der Waals surface area contributed by atoms with Gasteiger partial charge >= 0.3 is 5.97 Å². The van der Waals surface area contributed by atoms with Gasteiger partial charge in [0.1, 0.15) is 11.0 Å². The normalized spacial score (nSPS) is 12.0. The van der Waals surface area contributed by atoms with Gasteiger partial charge in [-0.1, -0.05) is 29.8 Å². The highest BCUT2D eigenvalue weighted by Gasteiger charge is 2.20. The van der Waals surface area contributed by atoms with Gasteiger partial charge in [0.25, 0.3) is 5.56 Å². The molecule has 2 N–H and O–H groups in total. The molecule has 5 rings (SSSR count). The lowest BCUT2D eigenvalue weighted by Crippen LogP contribution is -2.22. The summed E-state index contributed by atoms with van der Waals surface area (Å²) in [5.74, 6) is 0.153. The molecule has 192 valence electrons. The SMILES string of the molecule is Cc1cc([C@@H](C)Nc2ccc(Cl)nc2C(=O)O)c2nc(-c3ccc(-c4nnc(C)o4)cc3)n(C)c(=O)c2c1. The molecule has 0 unspecified atom stereocenters. The van der Waals surface area contributed by atoms with E-state index in [1.54, 1.807) is 26.1 Å². The summed E-state index contributed by atoms with van der Waals surface area (Å²) >= 11 is 5.91. The molecule has 0 spiro atoms. The topological polar surface area (TPSA) is 136 Å². The molecule has 1 atom stereocenters. The number of nitrogens with zero attached hydrogens (tertiary/aromatic N) is 5. The first-order valence-corrected chi connectivity index (χ1v) is 12.1. The van der Waals surface area contributed by atoms with E-state index < -0.39 is 12.0 Å². The van der Waals surface area contributed by atoms with E-state index in [4.69, 9.17) is 21.0 Å². The zero-order valence-corrected chi connectivity index (χ0v) is 21.7. The summed E-state index contributed by atoms with van der Waals surface area (Å²) in [4.78, 5) is 34.0. The number of aromatic carboxylic acids is 1. The number of carbonyl (C=O) groups is 1. The number of rotatable bonds is 6. The van der Waals surface area contributed by atoms with Crippen LogP contribution in [0.2, 0.25) is 5.15 Å². The fourth-order valence-electron chi connectivity index (χ4n) is 4.34. The largest absolute Gasteiger partial charge is 0.476 e. The summed E-state index contributed by atoms with van der Waals surface area (Å²) < 4.78 is 7.01. The minimum Gasteiger partial charge on any atom is -0.476 e. The Morgan fingerprint density at radius 1 is 1.05 bits per heavy atom. The molecular weight excluding hydrogens is 508 g/mol. The van der Waals surface area contributed by atoms with Gasteiger partial charge in [0.2, 0.25) is 11.8 Å². The molecule has 10 nitrogen and oxygen atoms in total. The third kappa shape index (κ3) is 4.61. The van der Waals surface area contributed by atoms with Crippen LogP contribution in [0.3, 0.4) is 0 Å². The molecule has 0 fully saturated rings. The predicted octanol–water partition coefficient (Wildman–Crippen LogP) is 5.19. The van der Waals surface area contributed by atoms with Crippen LogP contribution < -0.4 is 10.9 Å². The first-order valence-electron chi connectivity index (χ1n) is 11.7. The zero-order valence-electron chi connectivity index (χ0n) is 21.0. The maximum absolute atomic E-state index is 13.4. The lowest BCUT2D eigenvalue weighted by atomic mass is 10.0. The molecule has 2 aromatic carbocycles. The Kier molecular flexibility index (Phi) is 6.41. The molecule has 38 heavy (non-hydrogen) atoms. The average molecular weight is 531 g/mol. The summed E-state index contributed by atoms with van der Waals surface area (Å²) in [6, 6.07) is 13.8. The van der Waals surface area contributed by atoms with Crippen molar-refractivity contribution in [2.45, 2.75) is 26.8 Å². The molecule has 3 heterocycles. The lowest BCUT2D eigenvalue weighted by molar-refractivity contribution is 0.0691. The number of pyridine rings is 1. The third-order valence-electron chi connectivity index (χ3n) is 6.17. The summed E-state index contributed by atoms with van der Waals surface area (Å²) in [7, 11) is 1.68. The first kappa shape index (κ1) is 25.1. The van der Waals surface area contributed by atoms with Crippen LogP contribution in [0.25, 0.3) is 33.7 Å². The first-order chi connectivity index (χ1) is 18.1. The molecule has 0 aliphatic rings. The number of hydrogen-bond acceptors (Lipinski definition) is 8. The smallest absolute Gasteiger partial charge is 0.356 e. The van der Waals surface area contributed by atoms with Crippen LogP contribution in [0.4, 0.5) is 5.69 Å². The number of anilines is 1. The fourth-order valence-corrected chi connectivity index (χ4v) is 4.49. The molecule has 0 amide bonds. The van der Waals surface area contributed by atoms with Crippen molar-refractivity contribution in [2.24, 2.45) is 7.05 Å². The summed E-state index contributed by atoms with van der Waals surface area (Å²) in [6.45, 7) is 5.49. The number of hydrogen-bond donors (Lipinski definition) is 2. The average Bonchev–Trinajstić information content (AvgIpc) is 3.33. The van der Waals surface area contributed by atoms with Crippen molar-refractivity contribution in [3.8, 4) is 22.8 Å². The van der Waals surface area contributed by atoms with E-state index in [9.17, 15) is 14.7 Å². The maximum Gasteiger partial charge on any atom is 0.356 e. The zero-order chi connectivity index (χ0) is 27.1. The van der Waals surface area contributed by atoms with Gasteiger partial charge in [-0.15, -0.1) is 10.2 Å². The van der Waals surface area contributed by atoms with E-state index in [-0.39, 0.29) is 16.4 Å². The highest BCUT2D eigenvalue weighted by atomic mass is 35.5. The number of benzene rings is 2. The van der Waals surface area contributed by atoms with Crippen molar-refractivity contribution in [1.82, 2.24) is 24.7 Å². The van der Waals surface area contributed by atoms with Crippen LogP contribution in [0.1, 0.15) is 40.5 Å². The standard InChI is InChI=1S/C27H23ClN6O4/c1-13-11-18(14(2)29-20-9-10-21(28)30-23(20)27(36)37)22-19(12-13)26(35)34(4)24(31-22)16-5-7-17(8-6-16)25-33-32-15(3)38-25/h5-12,14,29H,1-4H3,(H,36,37)/t14-/m1/s1. The predicted molar refractivity (Wildman–Crippen MR) is 143 cm³/mol. The second kappa shape index (κ2) is 9.71. The number of carboxylic acids is 1. The maximum atomic E-state index is 13.4. The van der Waals surface area contributed by atoms with Gasteiger partial charge < -0.3 is 14.8 Å². The van der Waals surface area contributed by atoms with Crippen molar-refractivity contribution >= 4 is 34.2 Å². The van der Waals surface area contributed by atoms with Crippen molar-refractivity contribution in [3.05, 3.63) is 86.7 Å². The van der Waals surface area contributed by atoms with Gasteiger partial charge in [-0.25, -0.2) is 14.8 Å². The Morgan fingerprint density at radius 2 is 1.76 bits per heavy atom. The Labute approximate surface area is 222 Å². The number of aromatic nitrogens is 5. The van der Waals surface area contributed by atoms with Crippen molar-refractivity contribution in [2.75, 3.05) is 5.32 Å². The second-order valence-corrected chi connectivity index (χ2v) is 9.34. The molecule has 0 bridgehead atoms. The van der Waals surface area contributed by atoms with E-state index in [2.05, 4.69) is 20.5 Å². The molecule has 0 saturated heterocycles. The molecule has 5 aromatic rings. The second-order valence-electron chi connectivity index (χ2n) is 8.95. The Bertz CT molecular complexity index is 1760. The number of nitrogens with one attached hydrogen (secondary N) is 1. The van der Waals surface area contributed by atoms with Crippen LogP contribution in [-0.4, -0.2) is 35.8 Å². The van der Waals surface area contributed by atoms with E-state index in [0.29, 0.717) is 34.2 Å². The van der Waals surface area contributed by atoms with Crippen LogP contribution in [-0.2, 0) is 7.05 Å². The highest BCUT2D eigenvalue weighted by Crippen LogP contribution is 2.30. The number of halogens is 1. The molecule has 3 aromatic heterocycles. The molecule has 0 radical (unpaired) electrons. The van der Waals surface area contributed by atoms with Crippen LogP contribution in [0, 0.1) is 13.8 Å². The number of carboxylic acid groups (broad SMARTS) is 1. The summed E-state index contributed by atoms with van der Waals surface area (Å²) in [5, 5.41) is 21.2. The lowest BCUT2D eigenvalue weighted by Gasteiger charge is -2.20. The minimum atomic E-state index is -1.20. The molecule has 0 aliphatic heterocycles. The molecular formula is C27H23ClN6O4. The summed E-state index contributed by atoms with van der Waals surface area (Å²) in [6.07, 6.45) is 0. The van der Waals surface area contributed by atoms with Gasteiger partial charge in [0.15, 0.2) is 5.69 Å². The van der Waals surface area contributed by atoms with E-state index in [0.717, 1.165) is 22.3 Å². The molecule has 11 heteroatoms. The van der Waals surface area contributed by atoms with Gasteiger partial charge in [0, 0.05) is 30.7 Å². The highest BCUT2D eigenvalue weighted by molar-refractivity contribution is 6.29. The monoisotopic (exact) mass is 530 g/mol. The van der Waals surface area contributed by atoms with E-state index >= 15 is 0 Å². The van der Waals surface area contributed by atoms with Crippen molar-refractivity contribution in [3.63, 3.8) is 0 Å². The summed E-state index contributed by atoms with van der Waals surface area (Å²) in [5.41, 5.74) is 3.53. The van der Waals surface area contributed by atoms with Gasteiger partial charge in [0.05, 0.1) is 22.6 Å². The number of aryl methyl sites for hydroxylation is 2. The third-order valence-corrected chi connectivity index (χ3v) is 6.38. The Hall–Kier alpha value is -4.57. The fraction of sp³-hybridized carbons (Fsp3) is 0.185.